The number of ether oxygens (including phenoxy) is 1. The van der Waals surface area contributed by atoms with Gasteiger partial charge in [0, 0.05) is 38.3 Å². The minimum atomic E-state index is -0.556. The number of aliphatic imine (C=N–C) groups is 1. The number of carbonyl (C=O) groups excluding carboxylic acids is 3. The molecule has 0 amide bonds. The summed E-state index contributed by atoms with van der Waals surface area (Å²) in [5, 5.41) is 0. The van der Waals surface area contributed by atoms with E-state index in [1.165, 1.54) is 13.0 Å². The second-order valence-electron chi connectivity index (χ2n) is 2.47. The van der Waals surface area contributed by atoms with Crippen molar-refractivity contribution < 1.29 is 51.8 Å². The van der Waals surface area contributed by atoms with Crippen LogP contribution in [0, 0.1) is 0 Å². The van der Waals surface area contributed by atoms with E-state index in [1.807, 2.05) is 0 Å². The van der Waals surface area contributed by atoms with Crippen molar-refractivity contribution in [2.45, 2.75) is 13.8 Å². The molecule has 0 aromatic carbocycles. The molecule has 0 rings (SSSR count). The number of allylic oxidation sites excluding steroid dienone is 1. The average Bonchev–Trinajstić information content (AvgIpc) is 2.18. The van der Waals surface area contributed by atoms with Crippen LogP contribution >= 0.6 is 0 Å². The Morgan fingerprint density at radius 1 is 1.44 bits per heavy atom. The van der Waals surface area contributed by atoms with Gasteiger partial charge in [0.1, 0.15) is 0 Å². The molecule has 0 aliphatic heterocycles. The van der Waals surface area contributed by atoms with Gasteiger partial charge in [-0.05, 0) is 13.2 Å². The van der Waals surface area contributed by atoms with Crippen LogP contribution in [0.3, 0.4) is 0 Å². The fourth-order valence-electron chi connectivity index (χ4n) is 0.240. The standard InChI is InChI=1S/C6H7NO3.C4H5O.Y/c1-5(2)6(9)10-4-7-3-8;1-4(2)3-5;/h1,4H2,2H3;1H2,2H3;/q;-1;. The quantitative estimate of drug-likeness (QED) is 0.256. The van der Waals surface area contributed by atoms with Gasteiger partial charge in [-0.25, -0.2) is 16.2 Å². The summed E-state index contributed by atoms with van der Waals surface area (Å²) in [6.45, 7) is 9.40. The van der Waals surface area contributed by atoms with Gasteiger partial charge in [-0.3, -0.25) is 0 Å². The molecule has 0 heterocycles. The first-order valence-corrected chi connectivity index (χ1v) is 3.85. The molecule has 0 aliphatic carbocycles. The van der Waals surface area contributed by atoms with Crippen LogP contribution in [0.15, 0.2) is 29.3 Å². The molecule has 0 bridgehead atoms. The van der Waals surface area contributed by atoms with Crippen LogP contribution < -0.4 is 0 Å². The summed E-state index contributed by atoms with van der Waals surface area (Å²) in [4.78, 5) is 32.2. The van der Waals surface area contributed by atoms with Gasteiger partial charge in [0.25, 0.3) is 0 Å². The van der Waals surface area contributed by atoms with Gasteiger partial charge in [0.15, 0.2) is 6.73 Å². The van der Waals surface area contributed by atoms with Crippen LogP contribution in [0.25, 0.3) is 0 Å². The largest absolute Gasteiger partial charge is 0.438 e. The molecule has 0 aromatic rings. The maximum Gasteiger partial charge on any atom is 0.334 e. The molecule has 0 atom stereocenters. The molecule has 0 unspecified atom stereocenters. The number of nitrogens with zero attached hydrogens (tertiary/aromatic N) is 1. The van der Waals surface area contributed by atoms with Gasteiger partial charge in [0.05, 0.1) is 0 Å². The third kappa shape index (κ3) is 18.8. The molecule has 0 spiro atoms. The summed E-state index contributed by atoms with van der Waals surface area (Å²) in [6, 6.07) is 0. The van der Waals surface area contributed by atoms with Crippen molar-refractivity contribution in [1.82, 2.24) is 0 Å². The molecule has 0 saturated carbocycles. The number of hydrogen-bond acceptors (Lipinski definition) is 5. The van der Waals surface area contributed by atoms with Gasteiger partial charge < -0.3 is 9.53 Å². The van der Waals surface area contributed by atoms with E-state index in [-0.39, 0.29) is 45.0 Å². The van der Waals surface area contributed by atoms with E-state index in [9.17, 15) is 14.4 Å². The van der Waals surface area contributed by atoms with Gasteiger partial charge in [-0.15, -0.1) is 0 Å². The summed E-state index contributed by atoms with van der Waals surface area (Å²) >= 11 is 0. The predicted molar refractivity (Wildman–Crippen MR) is 54.4 cm³/mol. The maximum absolute atomic E-state index is 10.5. The maximum atomic E-state index is 10.5. The Bertz CT molecular complexity index is 306. The molecule has 85 valence electrons. The number of carbonyl (C=O) groups is 1. The van der Waals surface area contributed by atoms with E-state index in [0.717, 1.165) is 0 Å². The monoisotopic (exact) mass is 299 g/mol. The normalized spacial score (nSPS) is 6.88. The molecule has 16 heavy (non-hydrogen) atoms. The summed E-state index contributed by atoms with van der Waals surface area (Å²) < 4.78 is 4.38. The van der Waals surface area contributed by atoms with Crippen molar-refractivity contribution >= 4 is 18.3 Å². The van der Waals surface area contributed by atoms with Crippen molar-refractivity contribution in [3.63, 3.8) is 0 Å². The van der Waals surface area contributed by atoms with Crippen molar-refractivity contribution in [3.05, 3.63) is 24.3 Å². The first-order chi connectivity index (χ1) is 6.95. The van der Waals surface area contributed by atoms with Gasteiger partial charge in [0.2, 0.25) is 6.08 Å². The second-order valence-corrected chi connectivity index (χ2v) is 2.47. The van der Waals surface area contributed by atoms with Crippen LogP contribution in [0.1, 0.15) is 13.8 Å². The van der Waals surface area contributed by atoms with E-state index in [4.69, 9.17) is 0 Å². The van der Waals surface area contributed by atoms with Crippen LogP contribution in [-0.4, -0.2) is 25.1 Å². The molecule has 5 nitrogen and oxygen atoms in total. The minimum absolute atomic E-state index is 0. The summed E-state index contributed by atoms with van der Waals surface area (Å²) in [6.07, 6.45) is 2.81. The molecular weight excluding hydrogens is 287 g/mol. The van der Waals surface area contributed by atoms with Gasteiger partial charge in [-0.1, -0.05) is 13.5 Å². The Kier molecular flexibility index (Phi) is 18.1. The van der Waals surface area contributed by atoms with Crippen molar-refractivity contribution in [1.29, 1.82) is 0 Å². The minimum Gasteiger partial charge on any atom is -0.438 e. The van der Waals surface area contributed by atoms with Crippen molar-refractivity contribution in [2.24, 2.45) is 4.99 Å². The fourth-order valence-corrected chi connectivity index (χ4v) is 0.240. The summed E-state index contributed by atoms with van der Waals surface area (Å²) in [5.74, 6) is -0.556. The predicted octanol–water partition coefficient (Wildman–Crippen LogP) is 1.07. The first-order valence-electron chi connectivity index (χ1n) is 3.85. The molecule has 1 radical (unpaired) electrons. The van der Waals surface area contributed by atoms with Crippen LogP contribution in [0.5, 0.6) is 0 Å². The van der Waals surface area contributed by atoms with E-state index in [1.54, 1.807) is 13.2 Å². The molecule has 0 N–H and O–H groups in total. The molecule has 0 aromatic heterocycles. The van der Waals surface area contributed by atoms with Crippen molar-refractivity contribution in [3.8, 4) is 0 Å². The first kappa shape index (κ1) is 20.5. The number of rotatable bonds is 4. The van der Waals surface area contributed by atoms with Gasteiger partial charge in [-0.2, -0.15) is 10.6 Å². The van der Waals surface area contributed by atoms with Crippen molar-refractivity contribution in [2.75, 3.05) is 6.73 Å². The zero-order chi connectivity index (χ0) is 12.3. The SMILES string of the molecule is C=C(C)C(=O)OCN=C=O.C=C(C)[C-]=O.[Y]. The zero-order valence-electron chi connectivity index (χ0n) is 9.28. The molecular formula is C10H12NO4Y-. The number of esters is 1. The van der Waals surface area contributed by atoms with Crippen LogP contribution in [0.2, 0.25) is 0 Å². The van der Waals surface area contributed by atoms with Crippen LogP contribution in [-0.2, 0) is 51.8 Å². The Hall–Kier alpha value is -0.896. The number of hydrogen-bond donors (Lipinski definition) is 0. The Labute approximate surface area is 120 Å². The third-order valence-electron chi connectivity index (χ3n) is 0.847. The third-order valence-corrected chi connectivity index (χ3v) is 0.847. The molecule has 0 fully saturated rings. The van der Waals surface area contributed by atoms with Crippen LogP contribution in [0.4, 0.5) is 0 Å². The van der Waals surface area contributed by atoms with E-state index < -0.39 is 5.97 Å². The number of isocyanates is 1. The molecule has 0 saturated heterocycles. The smallest absolute Gasteiger partial charge is 0.334 e. The Balaban J connectivity index is -0.000000242. The van der Waals surface area contributed by atoms with Gasteiger partial charge >= 0.3 is 5.97 Å². The average molecular weight is 299 g/mol. The van der Waals surface area contributed by atoms with E-state index in [0.29, 0.717) is 5.57 Å². The zero-order valence-corrected chi connectivity index (χ0v) is 12.1. The second kappa shape index (κ2) is 14.1. The molecule has 0 aliphatic rings. The summed E-state index contributed by atoms with van der Waals surface area (Å²) in [7, 11) is 0. The Morgan fingerprint density at radius 3 is 2.12 bits per heavy atom. The molecule has 6 heteroatoms. The van der Waals surface area contributed by atoms with E-state index >= 15 is 0 Å². The summed E-state index contributed by atoms with van der Waals surface area (Å²) in [5.41, 5.74) is 0.728. The topological polar surface area (TPSA) is 72.8 Å². The fraction of sp³-hybridized carbons (Fsp3) is 0.300. The van der Waals surface area contributed by atoms with E-state index in [2.05, 4.69) is 22.9 Å². The Morgan fingerprint density at radius 2 is 1.88 bits per heavy atom.